The molecule has 0 aromatic heterocycles. The SMILES string of the molecule is C1=CC=CCC=C1.CS/C(=C\C(C)=C\C1=C(N)CCC(C(C)(C)C)C1)C(=O)NCCN. The highest BCUT2D eigenvalue weighted by Gasteiger charge is 2.28. The van der Waals surface area contributed by atoms with E-state index in [0.717, 1.165) is 37.0 Å². The zero-order valence-electron chi connectivity index (χ0n) is 19.9. The van der Waals surface area contributed by atoms with Crippen molar-refractivity contribution >= 4 is 17.7 Å². The molecule has 0 aromatic rings. The van der Waals surface area contributed by atoms with Crippen molar-refractivity contribution in [3.05, 3.63) is 70.4 Å². The van der Waals surface area contributed by atoms with Crippen LogP contribution >= 0.6 is 11.8 Å². The third-order valence-corrected chi connectivity index (χ3v) is 6.12. The number of thioether (sulfide) groups is 1. The van der Waals surface area contributed by atoms with E-state index in [0.29, 0.717) is 23.9 Å². The van der Waals surface area contributed by atoms with Crippen molar-refractivity contribution in [2.24, 2.45) is 22.8 Å². The first-order valence-corrected chi connectivity index (χ1v) is 12.3. The molecular formula is C26H41N3OS. The molecule has 5 N–H and O–H groups in total. The molecule has 1 unspecified atom stereocenters. The Labute approximate surface area is 193 Å². The average molecular weight is 444 g/mol. The van der Waals surface area contributed by atoms with Gasteiger partial charge in [-0.2, -0.15) is 0 Å². The van der Waals surface area contributed by atoms with E-state index in [9.17, 15) is 4.79 Å². The molecule has 31 heavy (non-hydrogen) atoms. The monoisotopic (exact) mass is 443 g/mol. The first-order chi connectivity index (χ1) is 14.7. The molecule has 0 spiro atoms. The molecule has 2 aliphatic carbocycles. The number of rotatable bonds is 6. The predicted molar refractivity (Wildman–Crippen MR) is 137 cm³/mol. The maximum atomic E-state index is 12.1. The number of carbonyl (C=O) groups excluding carboxylic acids is 1. The molecule has 2 rings (SSSR count). The highest BCUT2D eigenvalue weighted by atomic mass is 32.2. The summed E-state index contributed by atoms with van der Waals surface area (Å²) in [6.07, 6.45) is 22.6. The molecule has 172 valence electrons. The van der Waals surface area contributed by atoms with E-state index in [1.165, 1.54) is 17.3 Å². The molecule has 1 atom stereocenters. The van der Waals surface area contributed by atoms with Gasteiger partial charge in [0.1, 0.15) is 0 Å². The van der Waals surface area contributed by atoms with Gasteiger partial charge in [0.05, 0.1) is 4.91 Å². The maximum Gasteiger partial charge on any atom is 0.257 e. The van der Waals surface area contributed by atoms with Crippen molar-refractivity contribution in [1.29, 1.82) is 0 Å². The fourth-order valence-electron chi connectivity index (χ4n) is 3.41. The Kier molecular flexibility index (Phi) is 12.4. The van der Waals surface area contributed by atoms with E-state index in [2.05, 4.69) is 56.5 Å². The minimum atomic E-state index is -0.0705. The number of amides is 1. The fourth-order valence-corrected chi connectivity index (χ4v) is 3.98. The summed E-state index contributed by atoms with van der Waals surface area (Å²) in [5, 5.41) is 2.81. The second-order valence-electron chi connectivity index (χ2n) is 8.98. The quantitative estimate of drug-likeness (QED) is 0.381. The van der Waals surface area contributed by atoms with Crippen LogP contribution in [-0.4, -0.2) is 25.3 Å². The molecule has 0 radical (unpaired) electrons. The summed E-state index contributed by atoms with van der Waals surface area (Å²) >= 11 is 1.44. The predicted octanol–water partition coefficient (Wildman–Crippen LogP) is 5.37. The minimum absolute atomic E-state index is 0.0705. The van der Waals surface area contributed by atoms with Gasteiger partial charge in [-0.1, -0.05) is 63.3 Å². The van der Waals surface area contributed by atoms with E-state index in [1.807, 2.05) is 31.4 Å². The average Bonchev–Trinajstić information content (AvgIpc) is 3.04. The molecule has 0 aliphatic heterocycles. The molecule has 4 nitrogen and oxygen atoms in total. The largest absolute Gasteiger partial charge is 0.402 e. The third kappa shape index (κ3) is 10.7. The number of hydrogen-bond donors (Lipinski definition) is 3. The van der Waals surface area contributed by atoms with Crippen molar-refractivity contribution in [3.8, 4) is 0 Å². The van der Waals surface area contributed by atoms with Crippen molar-refractivity contribution < 1.29 is 4.79 Å². The van der Waals surface area contributed by atoms with E-state index in [1.54, 1.807) is 0 Å². The van der Waals surface area contributed by atoms with Crippen LogP contribution in [0, 0.1) is 11.3 Å². The first-order valence-electron chi connectivity index (χ1n) is 11.1. The summed E-state index contributed by atoms with van der Waals surface area (Å²) in [6.45, 7) is 9.83. The van der Waals surface area contributed by atoms with Gasteiger partial charge in [0.25, 0.3) is 5.91 Å². The van der Waals surface area contributed by atoms with Crippen LogP contribution in [0.2, 0.25) is 0 Å². The van der Waals surface area contributed by atoms with Crippen LogP contribution in [0.15, 0.2) is 70.4 Å². The van der Waals surface area contributed by atoms with Crippen molar-refractivity contribution in [2.75, 3.05) is 19.3 Å². The molecule has 0 fully saturated rings. The van der Waals surface area contributed by atoms with Crippen LogP contribution < -0.4 is 16.8 Å². The summed E-state index contributed by atoms with van der Waals surface area (Å²) in [5.74, 6) is 0.569. The molecule has 5 heteroatoms. The number of carbonyl (C=O) groups is 1. The van der Waals surface area contributed by atoms with E-state index >= 15 is 0 Å². The topological polar surface area (TPSA) is 81.1 Å². The summed E-state index contributed by atoms with van der Waals surface area (Å²) in [5.41, 5.74) is 15.2. The van der Waals surface area contributed by atoms with Gasteiger partial charge in [0.2, 0.25) is 0 Å². The summed E-state index contributed by atoms with van der Waals surface area (Å²) in [4.78, 5) is 12.8. The molecule has 0 aromatic carbocycles. The van der Waals surface area contributed by atoms with Gasteiger partial charge in [-0.25, -0.2) is 0 Å². The van der Waals surface area contributed by atoms with Crippen LogP contribution in [-0.2, 0) is 4.79 Å². The Bertz CT molecular complexity index is 750. The first kappa shape index (κ1) is 27.1. The van der Waals surface area contributed by atoms with Crippen LogP contribution in [0.5, 0.6) is 0 Å². The van der Waals surface area contributed by atoms with E-state index < -0.39 is 0 Å². The molecule has 2 aliphatic rings. The highest BCUT2D eigenvalue weighted by molar-refractivity contribution is 8.03. The van der Waals surface area contributed by atoms with Gasteiger partial charge in [-0.3, -0.25) is 4.79 Å². The minimum Gasteiger partial charge on any atom is -0.402 e. The van der Waals surface area contributed by atoms with Crippen LogP contribution in [0.3, 0.4) is 0 Å². The highest BCUT2D eigenvalue weighted by Crippen LogP contribution is 2.39. The van der Waals surface area contributed by atoms with Gasteiger partial charge in [0.15, 0.2) is 0 Å². The van der Waals surface area contributed by atoms with Crippen molar-refractivity contribution in [3.63, 3.8) is 0 Å². The Hall–Kier alpha value is -1.98. The standard InChI is InChI=1S/C19H33N3OS.C7H8/c1-13(11-17(24-5)18(23)22-9-8-20)10-14-12-15(19(2,3)4)6-7-16(14)21;1-2-4-6-7-5-3-1/h10-11,15H,6-9,12,20-21H2,1-5H3,(H,22,23);1-6H,7H2/b13-10+,17-11-;. The summed E-state index contributed by atoms with van der Waals surface area (Å²) in [7, 11) is 0. The Morgan fingerprint density at radius 2 is 1.87 bits per heavy atom. The van der Waals surface area contributed by atoms with Gasteiger partial charge in [-0.05, 0) is 67.4 Å². The van der Waals surface area contributed by atoms with Gasteiger partial charge in [-0.15, -0.1) is 11.8 Å². The Morgan fingerprint density at radius 3 is 2.42 bits per heavy atom. The second kappa shape index (κ2) is 14.2. The molecule has 0 bridgehead atoms. The van der Waals surface area contributed by atoms with Crippen LogP contribution in [0.4, 0.5) is 0 Å². The maximum absolute atomic E-state index is 12.1. The Morgan fingerprint density at radius 1 is 1.23 bits per heavy atom. The van der Waals surface area contributed by atoms with E-state index in [4.69, 9.17) is 11.5 Å². The number of hydrogen-bond acceptors (Lipinski definition) is 4. The lowest BCUT2D eigenvalue weighted by molar-refractivity contribution is -0.116. The lowest BCUT2D eigenvalue weighted by Crippen LogP contribution is -2.29. The Balaban J connectivity index is 0.000000577. The zero-order chi connectivity index (χ0) is 23.3. The van der Waals surface area contributed by atoms with Gasteiger partial charge < -0.3 is 16.8 Å². The third-order valence-electron chi connectivity index (χ3n) is 5.38. The van der Waals surface area contributed by atoms with Gasteiger partial charge >= 0.3 is 0 Å². The molecule has 0 heterocycles. The molecule has 0 saturated carbocycles. The summed E-state index contributed by atoms with van der Waals surface area (Å²) in [6, 6.07) is 0. The van der Waals surface area contributed by atoms with Crippen molar-refractivity contribution in [2.45, 2.75) is 53.4 Å². The number of nitrogens with one attached hydrogen (secondary N) is 1. The van der Waals surface area contributed by atoms with Crippen LogP contribution in [0.1, 0.15) is 53.4 Å². The number of allylic oxidation sites excluding steroid dienone is 11. The second-order valence-corrected chi connectivity index (χ2v) is 9.83. The fraction of sp³-hybridized carbons (Fsp3) is 0.500. The summed E-state index contributed by atoms with van der Waals surface area (Å²) < 4.78 is 0. The lowest BCUT2D eigenvalue weighted by atomic mass is 9.71. The normalized spacial score (nSPS) is 19.6. The molecular weight excluding hydrogens is 402 g/mol. The zero-order valence-corrected chi connectivity index (χ0v) is 20.7. The van der Waals surface area contributed by atoms with Crippen LogP contribution in [0.25, 0.3) is 0 Å². The van der Waals surface area contributed by atoms with Gasteiger partial charge in [0, 0.05) is 18.8 Å². The van der Waals surface area contributed by atoms with E-state index in [-0.39, 0.29) is 11.3 Å². The van der Waals surface area contributed by atoms with Crippen molar-refractivity contribution in [1.82, 2.24) is 5.32 Å². The smallest absolute Gasteiger partial charge is 0.257 e. The molecule has 0 saturated heterocycles. The number of nitrogens with two attached hydrogens (primary N) is 2. The lowest BCUT2D eigenvalue weighted by Gasteiger charge is -2.35. The molecule has 1 amide bonds.